The Morgan fingerprint density at radius 1 is 1.37 bits per heavy atom. The van der Waals surface area contributed by atoms with Gasteiger partial charge in [0.2, 0.25) is 17.7 Å². The van der Waals surface area contributed by atoms with Gasteiger partial charge in [-0.15, -0.1) is 0 Å². The predicted octanol–water partition coefficient (Wildman–Crippen LogP) is 2.40. The van der Waals surface area contributed by atoms with E-state index in [1.165, 1.54) is 26.2 Å². The first-order chi connectivity index (χ1) is 12.7. The van der Waals surface area contributed by atoms with E-state index < -0.39 is 23.7 Å². The summed E-state index contributed by atoms with van der Waals surface area (Å²) < 4.78 is 43.2. The Labute approximate surface area is 152 Å². The van der Waals surface area contributed by atoms with Crippen LogP contribution < -0.4 is 21.1 Å². The van der Waals surface area contributed by atoms with Gasteiger partial charge < -0.3 is 21.1 Å². The highest BCUT2D eigenvalue weighted by atomic mass is 19.4. The lowest BCUT2D eigenvalue weighted by Gasteiger charge is -2.17. The van der Waals surface area contributed by atoms with Gasteiger partial charge in [0.15, 0.2) is 11.4 Å². The Hall–Kier alpha value is -3.55. The molecule has 0 saturated heterocycles. The van der Waals surface area contributed by atoms with Gasteiger partial charge in [0.1, 0.15) is 12.1 Å². The molecule has 0 spiro atoms. The van der Waals surface area contributed by atoms with Gasteiger partial charge in [0.25, 0.3) is 0 Å². The monoisotopic (exact) mass is 380 g/mol. The molecule has 0 saturated carbocycles. The minimum absolute atomic E-state index is 0.0243. The second-order valence-electron chi connectivity index (χ2n) is 5.36. The zero-order valence-corrected chi connectivity index (χ0v) is 14.3. The standard InChI is InChI=1S/C16H15F3N6O2/c1-8(22-12-11(7-20)14(27-2)25-15(21)24-12)13(26)23-10-5-3-4-9(6-10)16(17,18)19/h3-6,8H,1-2H3,(H,23,26)(H3,21,22,24,25)/t8-/m0/s1. The van der Waals surface area contributed by atoms with E-state index in [0.717, 1.165) is 12.1 Å². The number of rotatable bonds is 5. The highest BCUT2D eigenvalue weighted by Gasteiger charge is 2.30. The number of amides is 1. The maximum atomic E-state index is 12.8. The summed E-state index contributed by atoms with van der Waals surface area (Å²) in [7, 11) is 1.29. The van der Waals surface area contributed by atoms with Crippen LogP contribution in [0.2, 0.25) is 0 Å². The lowest BCUT2D eigenvalue weighted by molar-refractivity contribution is -0.137. The molecule has 1 atom stereocenters. The predicted molar refractivity (Wildman–Crippen MR) is 90.9 cm³/mol. The Morgan fingerprint density at radius 2 is 2.07 bits per heavy atom. The first-order valence-electron chi connectivity index (χ1n) is 7.52. The summed E-state index contributed by atoms with van der Waals surface area (Å²) in [5.74, 6) is -0.931. The molecule has 1 aromatic carbocycles. The lowest BCUT2D eigenvalue weighted by atomic mass is 10.2. The first-order valence-corrected chi connectivity index (χ1v) is 7.52. The molecule has 1 amide bonds. The molecule has 2 rings (SSSR count). The van der Waals surface area contributed by atoms with Gasteiger partial charge in [-0.1, -0.05) is 6.07 Å². The number of nitrogens with two attached hydrogens (primary N) is 1. The normalized spacial score (nSPS) is 12.0. The van der Waals surface area contributed by atoms with E-state index in [4.69, 9.17) is 10.5 Å². The van der Waals surface area contributed by atoms with E-state index in [0.29, 0.717) is 0 Å². The van der Waals surface area contributed by atoms with Crippen molar-refractivity contribution in [3.05, 3.63) is 35.4 Å². The van der Waals surface area contributed by atoms with Gasteiger partial charge in [0.05, 0.1) is 12.7 Å². The van der Waals surface area contributed by atoms with E-state index in [1.54, 1.807) is 0 Å². The Balaban J connectivity index is 2.18. The number of hydrogen-bond acceptors (Lipinski definition) is 7. The number of methoxy groups -OCH3 is 1. The summed E-state index contributed by atoms with van der Waals surface area (Å²) in [5, 5.41) is 14.3. The average Bonchev–Trinajstić information content (AvgIpc) is 2.60. The van der Waals surface area contributed by atoms with Gasteiger partial charge in [-0.2, -0.15) is 28.4 Å². The van der Waals surface area contributed by atoms with Crippen LogP contribution >= 0.6 is 0 Å². The summed E-state index contributed by atoms with van der Waals surface area (Å²) in [6, 6.07) is 5.10. The fraction of sp³-hybridized carbons (Fsp3) is 0.250. The number of halogens is 3. The summed E-state index contributed by atoms with van der Waals surface area (Å²) >= 11 is 0. The third-order valence-electron chi connectivity index (χ3n) is 3.40. The molecule has 0 aliphatic heterocycles. The minimum Gasteiger partial charge on any atom is -0.480 e. The smallest absolute Gasteiger partial charge is 0.416 e. The maximum absolute atomic E-state index is 12.8. The fourth-order valence-corrected chi connectivity index (χ4v) is 2.10. The Bertz CT molecular complexity index is 895. The highest BCUT2D eigenvalue weighted by Crippen LogP contribution is 2.30. The van der Waals surface area contributed by atoms with Crippen LogP contribution in [0.5, 0.6) is 5.88 Å². The molecule has 0 bridgehead atoms. The number of nitrogens with one attached hydrogen (secondary N) is 2. The number of nitrogens with zero attached hydrogens (tertiary/aromatic N) is 3. The number of carbonyl (C=O) groups is 1. The van der Waals surface area contributed by atoms with Gasteiger partial charge in [-0.05, 0) is 25.1 Å². The Kier molecular flexibility index (Phi) is 5.69. The van der Waals surface area contributed by atoms with Crippen molar-refractivity contribution in [1.29, 1.82) is 5.26 Å². The second-order valence-corrected chi connectivity index (χ2v) is 5.36. The van der Waals surface area contributed by atoms with E-state index in [2.05, 4.69) is 20.6 Å². The maximum Gasteiger partial charge on any atom is 0.416 e. The molecule has 0 radical (unpaired) electrons. The summed E-state index contributed by atoms with van der Waals surface area (Å²) in [6.07, 6.45) is -4.53. The molecule has 142 valence electrons. The Morgan fingerprint density at radius 3 is 2.67 bits per heavy atom. The van der Waals surface area contributed by atoms with Crippen LogP contribution in [0.1, 0.15) is 18.1 Å². The largest absolute Gasteiger partial charge is 0.480 e. The molecule has 1 aromatic heterocycles. The quantitative estimate of drug-likeness (QED) is 0.727. The van der Waals surface area contributed by atoms with Crippen molar-refractivity contribution in [2.24, 2.45) is 0 Å². The topological polar surface area (TPSA) is 126 Å². The van der Waals surface area contributed by atoms with Crippen molar-refractivity contribution < 1.29 is 22.7 Å². The van der Waals surface area contributed by atoms with Crippen molar-refractivity contribution in [1.82, 2.24) is 9.97 Å². The molecule has 4 N–H and O–H groups in total. The molecular weight excluding hydrogens is 365 g/mol. The first kappa shape index (κ1) is 19.8. The number of nitriles is 1. The van der Waals surface area contributed by atoms with Gasteiger partial charge in [-0.25, -0.2) is 0 Å². The number of hydrogen-bond donors (Lipinski definition) is 3. The highest BCUT2D eigenvalue weighted by molar-refractivity contribution is 5.96. The summed E-state index contributed by atoms with van der Waals surface area (Å²) in [4.78, 5) is 19.9. The molecule has 0 unspecified atom stereocenters. The van der Waals surface area contributed by atoms with Crippen LogP contribution in [0.3, 0.4) is 0 Å². The number of carbonyl (C=O) groups excluding carboxylic acids is 1. The molecular formula is C16H15F3N6O2. The van der Waals surface area contributed by atoms with Crippen molar-refractivity contribution >= 4 is 23.4 Å². The van der Waals surface area contributed by atoms with E-state index in [-0.39, 0.29) is 28.9 Å². The van der Waals surface area contributed by atoms with Crippen LogP contribution in [0.25, 0.3) is 0 Å². The molecule has 27 heavy (non-hydrogen) atoms. The van der Waals surface area contributed by atoms with Gasteiger partial charge >= 0.3 is 6.18 Å². The fourth-order valence-electron chi connectivity index (χ4n) is 2.10. The molecule has 8 nitrogen and oxygen atoms in total. The molecule has 0 aliphatic rings. The van der Waals surface area contributed by atoms with Gasteiger partial charge in [-0.3, -0.25) is 4.79 Å². The average molecular weight is 380 g/mol. The van der Waals surface area contributed by atoms with Crippen molar-refractivity contribution in [2.45, 2.75) is 19.1 Å². The number of benzene rings is 1. The zero-order chi connectivity index (χ0) is 20.2. The van der Waals surface area contributed by atoms with Crippen LogP contribution in [0.15, 0.2) is 24.3 Å². The van der Waals surface area contributed by atoms with Crippen LogP contribution in [-0.2, 0) is 11.0 Å². The second kappa shape index (κ2) is 7.77. The van der Waals surface area contributed by atoms with E-state index in [1.807, 2.05) is 6.07 Å². The molecule has 1 heterocycles. The van der Waals surface area contributed by atoms with Crippen LogP contribution in [0, 0.1) is 11.3 Å². The SMILES string of the molecule is COc1nc(N)nc(N[C@@H](C)C(=O)Nc2cccc(C(F)(F)F)c2)c1C#N. The number of aromatic nitrogens is 2. The zero-order valence-electron chi connectivity index (χ0n) is 14.3. The third kappa shape index (κ3) is 4.75. The number of anilines is 3. The van der Waals surface area contributed by atoms with Crippen molar-refractivity contribution in [3.63, 3.8) is 0 Å². The van der Waals surface area contributed by atoms with E-state index in [9.17, 15) is 23.2 Å². The number of alkyl halides is 3. The lowest BCUT2D eigenvalue weighted by Crippen LogP contribution is -2.32. The molecule has 0 aliphatic carbocycles. The van der Waals surface area contributed by atoms with Crippen molar-refractivity contribution in [2.75, 3.05) is 23.5 Å². The molecule has 2 aromatic rings. The third-order valence-corrected chi connectivity index (χ3v) is 3.40. The number of ether oxygens (including phenoxy) is 1. The van der Waals surface area contributed by atoms with Crippen molar-refractivity contribution in [3.8, 4) is 11.9 Å². The van der Waals surface area contributed by atoms with Gasteiger partial charge in [0, 0.05) is 5.69 Å². The number of nitrogen functional groups attached to an aromatic ring is 1. The molecule has 0 fully saturated rings. The van der Waals surface area contributed by atoms with Crippen LogP contribution in [0.4, 0.5) is 30.6 Å². The minimum atomic E-state index is -4.53. The molecule has 11 heteroatoms. The summed E-state index contributed by atoms with van der Waals surface area (Å²) in [6.45, 7) is 1.44. The summed E-state index contributed by atoms with van der Waals surface area (Å²) in [5.41, 5.74) is 4.56. The van der Waals surface area contributed by atoms with E-state index >= 15 is 0 Å². The van der Waals surface area contributed by atoms with Crippen LogP contribution in [-0.4, -0.2) is 29.0 Å².